The lowest BCUT2D eigenvalue weighted by atomic mass is 10.4. The lowest BCUT2D eigenvalue weighted by Gasteiger charge is -1.76. The second kappa shape index (κ2) is 2.30. The molecular formula is C5H7N3O. The molecule has 9 heavy (non-hydrogen) atoms. The highest BCUT2D eigenvalue weighted by atomic mass is 16.5. The largest absolute Gasteiger partial charge is 0.351 e. The summed E-state index contributed by atoms with van der Waals surface area (Å²) in [6.45, 7) is 3.50. The average Bonchev–Trinajstić information content (AvgIpc) is 2.17. The van der Waals surface area contributed by atoms with Crippen LogP contribution in [0.3, 0.4) is 0 Å². The van der Waals surface area contributed by atoms with E-state index in [0.717, 1.165) is 0 Å². The number of nitrogens with two attached hydrogens (primary N) is 1. The highest BCUT2D eigenvalue weighted by molar-refractivity contribution is 5.08. The Bertz CT molecular complexity index is 206. The van der Waals surface area contributed by atoms with Gasteiger partial charge in [0.05, 0.1) is 0 Å². The highest BCUT2D eigenvalue weighted by Crippen LogP contribution is 1.97. The van der Waals surface area contributed by atoms with E-state index in [1.54, 1.807) is 6.08 Å². The molecule has 0 aliphatic rings. The van der Waals surface area contributed by atoms with Gasteiger partial charge < -0.3 is 10.3 Å². The maximum atomic E-state index is 5.13. The van der Waals surface area contributed by atoms with Crippen LogP contribution < -0.4 is 5.73 Å². The molecule has 0 unspecified atom stereocenters. The topological polar surface area (TPSA) is 64.9 Å². The molecule has 0 bridgehead atoms. The van der Waals surface area contributed by atoms with E-state index in [1.807, 2.05) is 0 Å². The van der Waals surface area contributed by atoms with Gasteiger partial charge in [-0.05, 0) is 0 Å². The van der Waals surface area contributed by atoms with Crippen LogP contribution in [-0.4, -0.2) is 10.1 Å². The number of rotatable bonds is 2. The number of hydrogen-bond acceptors (Lipinski definition) is 4. The number of nitrogen functional groups attached to an aromatic ring is 1. The van der Waals surface area contributed by atoms with Crippen molar-refractivity contribution in [2.45, 2.75) is 6.42 Å². The van der Waals surface area contributed by atoms with Crippen molar-refractivity contribution in [3.63, 3.8) is 0 Å². The third-order valence-electron chi connectivity index (χ3n) is 0.811. The number of hydrogen-bond donors (Lipinski definition) is 1. The van der Waals surface area contributed by atoms with Crippen LogP contribution in [0, 0.1) is 0 Å². The van der Waals surface area contributed by atoms with Gasteiger partial charge in [-0.1, -0.05) is 11.2 Å². The first-order chi connectivity index (χ1) is 4.33. The van der Waals surface area contributed by atoms with Crippen LogP contribution >= 0.6 is 0 Å². The van der Waals surface area contributed by atoms with Gasteiger partial charge in [0.2, 0.25) is 0 Å². The second-order valence-corrected chi connectivity index (χ2v) is 1.54. The standard InChI is InChI=1S/C5H7N3O/c1-2-3-4-7-5(6)9-8-4/h2H,1,3H2,(H2,6,7,8). The third-order valence-corrected chi connectivity index (χ3v) is 0.811. The molecule has 0 aromatic carbocycles. The fraction of sp³-hybridized carbons (Fsp3) is 0.200. The Labute approximate surface area is 52.4 Å². The van der Waals surface area contributed by atoms with Gasteiger partial charge in [0.1, 0.15) is 0 Å². The first kappa shape index (κ1) is 5.81. The summed E-state index contributed by atoms with van der Waals surface area (Å²) in [5.74, 6) is 0.572. The Morgan fingerprint density at radius 1 is 1.78 bits per heavy atom. The minimum atomic E-state index is 0.104. The van der Waals surface area contributed by atoms with Crippen LogP contribution in [0.4, 0.5) is 6.01 Å². The van der Waals surface area contributed by atoms with Crippen molar-refractivity contribution >= 4 is 6.01 Å². The summed E-state index contributed by atoms with van der Waals surface area (Å²) < 4.78 is 4.49. The average molecular weight is 125 g/mol. The van der Waals surface area contributed by atoms with Crippen molar-refractivity contribution in [2.75, 3.05) is 5.73 Å². The van der Waals surface area contributed by atoms with Gasteiger partial charge >= 0.3 is 6.01 Å². The fourth-order valence-electron chi connectivity index (χ4n) is 0.479. The van der Waals surface area contributed by atoms with Crippen molar-refractivity contribution in [3.05, 3.63) is 18.5 Å². The second-order valence-electron chi connectivity index (χ2n) is 1.54. The first-order valence-corrected chi connectivity index (χ1v) is 2.52. The van der Waals surface area contributed by atoms with Gasteiger partial charge in [-0.2, -0.15) is 4.98 Å². The lowest BCUT2D eigenvalue weighted by molar-refractivity contribution is 0.428. The third kappa shape index (κ3) is 1.28. The molecule has 1 aromatic heterocycles. The lowest BCUT2D eigenvalue weighted by Crippen LogP contribution is -1.85. The molecule has 0 aliphatic carbocycles. The van der Waals surface area contributed by atoms with E-state index in [1.165, 1.54) is 0 Å². The minimum absolute atomic E-state index is 0.104. The zero-order valence-electron chi connectivity index (χ0n) is 4.87. The monoisotopic (exact) mass is 125 g/mol. The molecule has 0 radical (unpaired) electrons. The molecule has 1 rings (SSSR count). The van der Waals surface area contributed by atoms with E-state index in [4.69, 9.17) is 5.73 Å². The van der Waals surface area contributed by atoms with Crippen LogP contribution in [-0.2, 0) is 6.42 Å². The van der Waals surface area contributed by atoms with E-state index in [2.05, 4.69) is 21.2 Å². The molecule has 0 aliphatic heterocycles. The van der Waals surface area contributed by atoms with Crippen molar-refractivity contribution in [2.24, 2.45) is 0 Å². The van der Waals surface area contributed by atoms with Gasteiger partial charge in [-0.3, -0.25) is 0 Å². The first-order valence-electron chi connectivity index (χ1n) is 2.52. The molecular weight excluding hydrogens is 118 g/mol. The van der Waals surface area contributed by atoms with Crippen LogP contribution in [0.1, 0.15) is 5.82 Å². The normalized spacial score (nSPS) is 9.33. The molecule has 1 heterocycles. The van der Waals surface area contributed by atoms with Crippen molar-refractivity contribution in [1.82, 2.24) is 10.1 Å². The van der Waals surface area contributed by atoms with Crippen LogP contribution in [0.15, 0.2) is 17.2 Å². The van der Waals surface area contributed by atoms with Crippen molar-refractivity contribution in [1.29, 1.82) is 0 Å². The summed E-state index contributed by atoms with van der Waals surface area (Å²) in [6.07, 6.45) is 2.28. The van der Waals surface area contributed by atoms with Gasteiger partial charge in [0.15, 0.2) is 5.82 Å². The molecule has 1 aromatic rings. The molecule has 2 N–H and O–H groups in total. The minimum Gasteiger partial charge on any atom is -0.351 e. The number of nitrogens with zero attached hydrogens (tertiary/aromatic N) is 2. The van der Waals surface area contributed by atoms with Gasteiger partial charge in [-0.25, -0.2) is 0 Å². The predicted octanol–water partition coefficient (Wildman–Crippen LogP) is 0.380. The summed E-state index contributed by atoms with van der Waals surface area (Å²) in [5.41, 5.74) is 5.13. The number of allylic oxidation sites excluding steroid dienone is 1. The van der Waals surface area contributed by atoms with Gasteiger partial charge in [-0.15, -0.1) is 6.58 Å². The summed E-state index contributed by atoms with van der Waals surface area (Å²) in [7, 11) is 0. The quantitative estimate of drug-likeness (QED) is 0.580. The summed E-state index contributed by atoms with van der Waals surface area (Å²) in [4.78, 5) is 3.73. The summed E-state index contributed by atoms with van der Waals surface area (Å²) in [6, 6.07) is 0.104. The molecule has 48 valence electrons. The smallest absolute Gasteiger partial charge is 0.318 e. The Hall–Kier alpha value is -1.32. The van der Waals surface area contributed by atoms with Crippen LogP contribution in [0.2, 0.25) is 0 Å². The maximum absolute atomic E-state index is 5.13. The molecule has 0 atom stereocenters. The molecule has 0 saturated heterocycles. The Morgan fingerprint density at radius 3 is 3.00 bits per heavy atom. The number of aromatic nitrogens is 2. The van der Waals surface area contributed by atoms with Crippen molar-refractivity contribution < 1.29 is 4.52 Å². The molecule has 0 spiro atoms. The zero-order chi connectivity index (χ0) is 6.69. The Morgan fingerprint density at radius 2 is 2.56 bits per heavy atom. The zero-order valence-corrected chi connectivity index (χ0v) is 4.87. The van der Waals surface area contributed by atoms with E-state index in [-0.39, 0.29) is 6.01 Å². The molecule has 0 amide bonds. The number of anilines is 1. The molecule has 4 nitrogen and oxygen atoms in total. The van der Waals surface area contributed by atoms with Crippen LogP contribution in [0.5, 0.6) is 0 Å². The summed E-state index contributed by atoms with van der Waals surface area (Å²) in [5, 5.41) is 3.52. The van der Waals surface area contributed by atoms with E-state index >= 15 is 0 Å². The van der Waals surface area contributed by atoms with E-state index in [9.17, 15) is 0 Å². The maximum Gasteiger partial charge on any atom is 0.318 e. The van der Waals surface area contributed by atoms with Gasteiger partial charge in [0.25, 0.3) is 0 Å². The Kier molecular flexibility index (Phi) is 1.48. The fourth-order valence-corrected chi connectivity index (χ4v) is 0.479. The van der Waals surface area contributed by atoms with Crippen molar-refractivity contribution in [3.8, 4) is 0 Å². The Balaban J connectivity index is 2.72. The molecule has 0 fully saturated rings. The molecule has 0 saturated carbocycles. The molecule has 4 heteroatoms. The predicted molar refractivity (Wildman–Crippen MR) is 32.6 cm³/mol. The van der Waals surface area contributed by atoms with E-state index in [0.29, 0.717) is 12.2 Å². The van der Waals surface area contributed by atoms with E-state index < -0.39 is 0 Å². The van der Waals surface area contributed by atoms with Gasteiger partial charge in [0, 0.05) is 6.42 Å². The summed E-state index contributed by atoms with van der Waals surface area (Å²) >= 11 is 0. The highest BCUT2D eigenvalue weighted by Gasteiger charge is 1.97. The SMILES string of the molecule is C=CCc1noc(N)n1. The van der Waals surface area contributed by atoms with Crippen LogP contribution in [0.25, 0.3) is 0 Å².